The van der Waals surface area contributed by atoms with Gasteiger partial charge in [-0.1, -0.05) is 0 Å². The van der Waals surface area contributed by atoms with Crippen molar-refractivity contribution in [3.05, 3.63) is 42.7 Å². The van der Waals surface area contributed by atoms with Crippen molar-refractivity contribution < 1.29 is 9.47 Å². The maximum absolute atomic E-state index is 5.77. The summed E-state index contributed by atoms with van der Waals surface area (Å²) in [6.07, 6.45) is 7.17. The van der Waals surface area contributed by atoms with E-state index in [0.29, 0.717) is 13.2 Å². The third kappa shape index (κ3) is 2.65. The Morgan fingerprint density at radius 1 is 1.35 bits per heavy atom. The Morgan fingerprint density at radius 3 is 3.20 bits per heavy atom. The third-order valence-electron chi connectivity index (χ3n) is 3.10. The van der Waals surface area contributed by atoms with E-state index in [9.17, 15) is 0 Å². The van der Waals surface area contributed by atoms with Gasteiger partial charge in [0, 0.05) is 25.2 Å². The summed E-state index contributed by atoms with van der Waals surface area (Å²) in [5.74, 6) is 0.747. The zero-order valence-electron chi connectivity index (χ0n) is 11.2. The van der Waals surface area contributed by atoms with E-state index in [-0.39, 0.29) is 0 Å². The minimum Gasteiger partial charge on any atom is -0.486 e. The van der Waals surface area contributed by atoms with E-state index >= 15 is 0 Å². The summed E-state index contributed by atoms with van der Waals surface area (Å²) in [7, 11) is 1.69. The normalized spacial score (nSPS) is 11.1. The van der Waals surface area contributed by atoms with Gasteiger partial charge in [-0.15, -0.1) is 0 Å². The molecule has 0 aromatic carbocycles. The fraction of sp³-hybridized carbons (Fsp3) is 0.286. The molecule has 6 heteroatoms. The number of nitrogens with one attached hydrogen (secondary N) is 1. The van der Waals surface area contributed by atoms with Crippen LogP contribution in [-0.4, -0.2) is 33.2 Å². The average molecular weight is 272 g/mol. The highest BCUT2D eigenvalue weighted by Gasteiger charge is 2.04. The van der Waals surface area contributed by atoms with Gasteiger partial charge in [-0.25, -0.2) is 9.97 Å². The third-order valence-corrected chi connectivity index (χ3v) is 3.10. The summed E-state index contributed by atoms with van der Waals surface area (Å²) in [6.45, 7) is 1.88. The number of pyridine rings is 1. The van der Waals surface area contributed by atoms with E-state index in [4.69, 9.17) is 9.47 Å². The van der Waals surface area contributed by atoms with E-state index in [2.05, 4.69) is 15.0 Å². The highest BCUT2D eigenvalue weighted by Crippen LogP contribution is 2.18. The van der Waals surface area contributed by atoms with Gasteiger partial charge in [0.1, 0.15) is 18.0 Å². The first-order chi connectivity index (χ1) is 9.86. The fourth-order valence-electron chi connectivity index (χ4n) is 2.02. The van der Waals surface area contributed by atoms with Gasteiger partial charge in [0.05, 0.1) is 31.0 Å². The summed E-state index contributed by atoms with van der Waals surface area (Å²) < 4.78 is 12.9. The number of hydrogen-bond donors (Lipinski definition) is 1. The van der Waals surface area contributed by atoms with Gasteiger partial charge < -0.3 is 19.0 Å². The summed E-state index contributed by atoms with van der Waals surface area (Å²) in [5.41, 5.74) is 1.87. The lowest BCUT2D eigenvalue weighted by atomic mass is 10.3. The highest BCUT2D eigenvalue weighted by atomic mass is 16.5. The van der Waals surface area contributed by atoms with Crippen molar-refractivity contribution in [2.75, 3.05) is 13.7 Å². The van der Waals surface area contributed by atoms with Crippen molar-refractivity contribution in [2.24, 2.45) is 0 Å². The van der Waals surface area contributed by atoms with Gasteiger partial charge in [0.25, 0.3) is 0 Å². The quantitative estimate of drug-likeness (QED) is 0.745. The van der Waals surface area contributed by atoms with Gasteiger partial charge >= 0.3 is 0 Å². The van der Waals surface area contributed by atoms with Gasteiger partial charge in [-0.3, -0.25) is 0 Å². The molecule has 0 amide bonds. The van der Waals surface area contributed by atoms with Crippen LogP contribution in [0.3, 0.4) is 0 Å². The topological polar surface area (TPSA) is 65.0 Å². The first kappa shape index (κ1) is 12.7. The van der Waals surface area contributed by atoms with Crippen LogP contribution in [0.25, 0.3) is 11.0 Å². The second kappa shape index (κ2) is 5.75. The summed E-state index contributed by atoms with van der Waals surface area (Å²) in [5, 5.41) is 1.04. The van der Waals surface area contributed by atoms with Crippen LogP contribution in [0, 0.1) is 0 Å². The zero-order valence-corrected chi connectivity index (χ0v) is 11.2. The number of aromatic amines is 1. The van der Waals surface area contributed by atoms with Crippen LogP contribution in [0.15, 0.2) is 37.1 Å². The largest absolute Gasteiger partial charge is 0.486 e. The predicted molar refractivity (Wildman–Crippen MR) is 74.5 cm³/mol. The number of aromatic nitrogens is 4. The molecule has 1 N–H and O–H groups in total. The van der Waals surface area contributed by atoms with Crippen LogP contribution < -0.4 is 4.74 Å². The zero-order chi connectivity index (χ0) is 13.8. The number of H-pyrrole nitrogens is 1. The number of hydrogen-bond acceptors (Lipinski definition) is 4. The molecule has 3 rings (SSSR count). The summed E-state index contributed by atoms with van der Waals surface area (Å²) >= 11 is 0. The molecule has 0 bridgehead atoms. The number of rotatable bonds is 6. The molecule has 3 heterocycles. The second-order valence-electron chi connectivity index (χ2n) is 4.45. The molecule has 3 aromatic rings. The minimum absolute atomic E-state index is 0.460. The van der Waals surface area contributed by atoms with Crippen LogP contribution in [0.4, 0.5) is 0 Å². The van der Waals surface area contributed by atoms with E-state index in [1.165, 1.54) is 0 Å². The van der Waals surface area contributed by atoms with Crippen LogP contribution in [0.1, 0.15) is 5.69 Å². The Kier molecular flexibility index (Phi) is 3.64. The molecule has 3 aromatic heterocycles. The SMILES string of the molecule is COCCn1cncc1COc1cnc2[nH]ccc2c1. The molecule has 0 fully saturated rings. The molecule has 0 spiro atoms. The lowest BCUT2D eigenvalue weighted by Crippen LogP contribution is -2.09. The Hall–Kier alpha value is -2.34. The molecule has 0 unspecified atom stereocenters. The molecule has 0 atom stereocenters. The average Bonchev–Trinajstić information content (AvgIpc) is 3.11. The molecule has 0 aliphatic rings. The molecule has 0 aliphatic heterocycles. The fourth-order valence-corrected chi connectivity index (χ4v) is 2.02. The molecular formula is C14H16N4O2. The van der Waals surface area contributed by atoms with Crippen molar-refractivity contribution in [3.8, 4) is 5.75 Å². The van der Waals surface area contributed by atoms with Crippen LogP contribution in [0.2, 0.25) is 0 Å². The molecule has 0 radical (unpaired) electrons. The van der Waals surface area contributed by atoms with Gasteiger partial charge in [0.15, 0.2) is 0 Å². The molecule has 0 saturated carbocycles. The molecule has 6 nitrogen and oxygen atoms in total. The second-order valence-corrected chi connectivity index (χ2v) is 4.45. The Morgan fingerprint density at radius 2 is 2.30 bits per heavy atom. The van der Waals surface area contributed by atoms with E-state index < -0.39 is 0 Å². The van der Waals surface area contributed by atoms with Crippen molar-refractivity contribution in [1.29, 1.82) is 0 Å². The molecule has 104 valence electrons. The van der Waals surface area contributed by atoms with Crippen LogP contribution in [-0.2, 0) is 17.9 Å². The maximum atomic E-state index is 5.77. The van der Waals surface area contributed by atoms with Crippen molar-refractivity contribution in [3.63, 3.8) is 0 Å². The molecular weight excluding hydrogens is 256 g/mol. The Labute approximate surface area is 116 Å². The van der Waals surface area contributed by atoms with Crippen LogP contribution in [0.5, 0.6) is 5.75 Å². The highest BCUT2D eigenvalue weighted by molar-refractivity contribution is 5.76. The van der Waals surface area contributed by atoms with Crippen molar-refractivity contribution in [1.82, 2.24) is 19.5 Å². The number of imidazole rings is 1. The first-order valence-corrected chi connectivity index (χ1v) is 6.40. The molecule has 0 aliphatic carbocycles. The van der Waals surface area contributed by atoms with Crippen molar-refractivity contribution in [2.45, 2.75) is 13.2 Å². The van der Waals surface area contributed by atoms with E-state index in [1.54, 1.807) is 25.8 Å². The van der Waals surface area contributed by atoms with Crippen molar-refractivity contribution >= 4 is 11.0 Å². The van der Waals surface area contributed by atoms with Gasteiger partial charge in [-0.05, 0) is 12.1 Å². The van der Waals surface area contributed by atoms with Gasteiger partial charge in [-0.2, -0.15) is 0 Å². The van der Waals surface area contributed by atoms with E-state index in [1.807, 2.05) is 22.9 Å². The lowest BCUT2D eigenvalue weighted by molar-refractivity contribution is 0.184. The van der Waals surface area contributed by atoms with Gasteiger partial charge in [0.2, 0.25) is 0 Å². The minimum atomic E-state index is 0.460. The predicted octanol–water partition coefficient (Wildman–Crippen LogP) is 1.98. The summed E-state index contributed by atoms with van der Waals surface area (Å²) in [6, 6.07) is 3.94. The number of ether oxygens (including phenoxy) is 2. The Bertz CT molecular complexity index is 689. The maximum Gasteiger partial charge on any atom is 0.138 e. The number of fused-ring (bicyclic) bond motifs is 1. The standard InChI is InChI=1S/C14H16N4O2/c1-19-5-4-18-10-15-7-12(18)9-20-13-6-11-2-3-16-14(11)17-8-13/h2-3,6-8,10H,4-5,9H2,1H3,(H,16,17). The molecule has 20 heavy (non-hydrogen) atoms. The Balaban J connectivity index is 1.68. The summed E-state index contributed by atoms with van der Waals surface area (Å²) in [4.78, 5) is 11.5. The number of methoxy groups -OCH3 is 1. The monoisotopic (exact) mass is 272 g/mol. The van der Waals surface area contributed by atoms with Crippen LogP contribution >= 0.6 is 0 Å². The number of nitrogens with zero attached hydrogens (tertiary/aromatic N) is 3. The lowest BCUT2D eigenvalue weighted by Gasteiger charge is -2.09. The van der Waals surface area contributed by atoms with E-state index in [0.717, 1.165) is 29.0 Å². The first-order valence-electron chi connectivity index (χ1n) is 6.40. The smallest absolute Gasteiger partial charge is 0.138 e. The molecule has 0 saturated heterocycles.